The van der Waals surface area contributed by atoms with E-state index >= 15 is 0 Å². The van der Waals surface area contributed by atoms with Crippen LogP contribution in [-0.2, 0) is 23.9 Å². The zero-order valence-corrected chi connectivity index (χ0v) is 27.8. The van der Waals surface area contributed by atoms with E-state index in [0.717, 1.165) is 25.7 Å². The molecule has 47 heavy (non-hydrogen) atoms. The molecule has 0 bridgehead atoms. The third-order valence-corrected chi connectivity index (χ3v) is 8.98. The molecule has 0 saturated carbocycles. The Labute approximate surface area is 276 Å². The summed E-state index contributed by atoms with van der Waals surface area (Å²) in [5.41, 5.74) is 1.17. The van der Waals surface area contributed by atoms with Gasteiger partial charge in [-0.3, -0.25) is 19.4 Å². The number of carbonyl (C=O) groups excluding carboxylic acids is 4. The molecule has 2 aromatic rings. The number of ketones is 1. The Morgan fingerprint density at radius 2 is 1.77 bits per heavy atom. The molecule has 2 fully saturated rings. The van der Waals surface area contributed by atoms with E-state index in [4.69, 9.17) is 16.0 Å². The van der Waals surface area contributed by atoms with Gasteiger partial charge in [-0.15, -0.1) is 0 Å². The fourth-order valence-electron chi connectivity index (χ4n) is 6.30. The average molecular weight is 649 g/mol. The average Bonchev–Trinajstić information content (AvgIpc) is 3.06. The van der Waals surface area contributed by atoms with Gasteiger partial charge in [0, 0.05) is 68.8 Å². The summed E-state index contributed by atoms with van der Waals surface area (Å²) >= 11 is 0. The van der Waals surface area contributed by atoms with Crippen molar-refractivity contribution in [3.63, 3.8) is 0 Å². The summed E-state index contributed by atoms with van der Waals surface area (Å²) in [5, 5.41) is 0. The highest BCUT2D eigenvalue weighted by atomic mass is 19.1. The number of amides is 2. The summed E-state index contributed by atoms with van der Waals surface area (Å²) in [6.07, 6.45) is 7.11. The van der Waals surface area contributed by atoms with Crippen molar-refractivity contribution in [2.45, 2.75) is 83.7 Å². The SMILES string of the molecule is [C-]#[N+]c1ccc(-c2cncc(C(CC(=O)OC)CC(=O)[C@@H]3CCCN(C(=O)CCC4CCN(C(=O)OC(C)(C)C)CC4)C3)c2)cc1F. The number of rotatable bonds is 10. The Balaban J connectivity index is 1.34. The van der Waals surface area contributed by atoms with Crippen molar-refractivity contribution < 1.29 is 33.0 Å². The van der Waals surface area contributed by atoms with Crippen LogP contribution in [0.1, 0.15) is 83.6 Å². The first-order valence-electron chi connectivity index (χ1n) is 16.3. The molecule has 2 saturated heterocycles. The van der Waals surface area contributed by atoms with Crippen molar-refractivity contribution in [1.82, 2.24) is 14.8 Å². The van der Waals surface area contributed by atoms with Crippen molar-refractivity contribution >= 4 is 29.4 Å². The summed E-state index contributed by atoms with van der Waals surface area (Å²) in [7, 11) is 1.30. The maximum absolute atomic E-state index is 14.3. The lowest BCUT2D eigenvalue weighted by atomic mass is 9.84. The molecule has 0 N–H and O–H groups in total. The third-order valence-electron chi connectivity index (χ3n) is 8.98. The van der Waals surface area contributed by atoms with E-state index in [1.54, 1.807) is 34.3 Å². The van der Waals surface area contributed by atoms with Crippen molar-refractivity contribution in [3.05, 3.63) is 59.5 Å². The lowest BCUT2D eigenvalue weighted by Gasteiger charge is -2.35. The normalized spacial score (nSPS) is 17.8. The van der Waals surface area contributed by atoms with Gasteiger partial charge in [0.05, 0.1) is 20.1 Å². The van der Waals surface area contributed by atoms with Gasteiger partial charge in [0.25, 0.3) is 0 Å². The van der Waals surface area contributed by atoms with E-state index in [2.05, 4.69) is 9.83 Å². The summed E-state index contributed by atoms with van der Waals surface area (Å²) in [4.78, 5) is 62.6. The number of ether oxygens (including phenoxy) is 2. The standard InChI is InChI=1S/C36H45FN4O6/c1-36(2,3)47-35(45)40-15-12-24(13-16-40)8-11-33(43)41-14-6-7-26(23-41)32(42)19-27(20-34(44)46-5)29-17-28(21-39-22-29)25-9-10-31(38-4)30(37)18-25/h9-10,17-18,21-22,24,26-27H,6-8,11-16,19-20,23H2,1-3,5H3/t26-,27?/m1/s1. The highest BCUT2D eigenvalue weighted by Gasteiger charge is 2.32. The van der Waals surface area contributed by atoms with Crippen LogP contribution in [0.2, 0.25) is 0 Å². The predicted molar refractivity (Wildman–Crippen MR) is 174 cm³/mol. The van der Waals surface area contributed by atoms with Crippen LogP contribution in [0.15, 0.2) is 36.7 Å². The largest absolute Gasteiger partial charge is 0.469 e. The Morgan fingerprint density at radius 1 is 1.02 bits per heavy atom. The van der Waals surface area contributed by atoms with Crippen molar-refractivity contribution in [1.29, 1.82) is 0 Å². The number of hydrogen-bond acceptors (Lipinski definition) is 7. The van der Waals surface area contributed by atoms with Crippen LogP contribution in [0.3, 0.4) is 0 Å². The van der Waals surface area contributed by atoms with E-state index in [0.29, 0.717) is 61.6 Å². The molecule has 11 heteroatoms. The summed E-state index contributed by atoms with van der Waals surface area (Å²) < 4.78 is 24.7. The maximum atomic E-state index is 14.3. The van der Waals surface area contributed by atoms with Gasteiger partial charge in [0.2, 0.25) is 11.6 Å². The van der Waals surface area contributed by atoms with Gasteiger partial charge < -0.3 is 19.3 Å². The zero-order chi connectivity index (χ0) is 34.1. The molecule has 10 nitrogen and oxygen atoms in total. The van der Waals surface area contributed by atoms with Gasteiger partial charge in [-0.25, -0.2) is 14.0 Å². The lowest BCUT2D eigenvalue weighted by molar-refractivity contribution is -0.141. The van der Waals surface area contributed by atoms with Crippen LogP contribution in [0, 0.1) is 24.2 Å². The second-order valence-electron chi connectivity index (χ2n) is 13.6. The second kappa shape index (κ2) is 16.0. The fourth-order valence-corrected chi connectivity index (χ4v) is 6.30. The molecule has 2 amide bonds. The predicted octanol–water partition coefficient (Wildman–Crippen LogP) is 6.71. The van der Waals surface area contributed by atoms with Crippen molar-refractivity contribution in [2.24, 2.45) is 11.8 Å². The number of benzene rings is 1. The minimum atomic E-state index is -0.635. The first-order valence-corrected chi connectivity index (χ1v) is 16.3. The molecule has 2 aliphatic rings. The van der Waals surface area contributed by atoms with Crippen LogP contribution in [0.4, 0.5) is 14.9 Å². The molecular formula is C36H45FN4O6. The second-order valence-corrected chi connectivity index (χ2v) is 13.6. The van der Waals surface area contributed by atoms with Gasteiger partial charge in [-0.05, 0) is 82.1 Å². The zero-order valence-electron chi connectivity index (χ0n) is 27.8. The summed E-state index contributed by atoms with van der Waals surface area (Å²) in [5.74, 6) is -1.57. The number of esters is 1. The van der Waals surface area contributed by atoms with Gasteiger partial charge in [0.1, 0.15) is 17.2 Å². The first kappa shape index (κ1) is 35.5. The molecule has 2 atom stereocenters. The number of likely N-dealkylation sites (tertiary alicyclic amines) is 2. The van der Waals surface area contributed by atoms with Crippen molar-refractivity contribution in [3.8, 4) is 11.1 Å². The van der Waals surface area contributed by atoms with Crippen LogP contribution >= 0.6 is 0 Å². The maximum Gasteiger partial charge on any atom is 0.410 e. The number of hydrogen-bond donors (Lipinski definition) is 0. The van der Waals surface area contributed by atoms with Crippen LogP contribution in [-0.4, -0.2) is 77.4 Å². The Kier molecular flexibility index (Phi) is 12.1. The van der Waals surface area contributed by atoms with Gasteiger partial charge in [0.15, 0.2) is 0 Å². The van der Waals surface area contributed by atoms with Gasteiger partial charge in [-0.1, -0.05) is 12.1 Å². The fraction of sp³-hybridized carbons (Fsp3) is 0.556. The molecule has 3 heterocycles. The number of aromatic nitrogens is 1. The Bertz CT molecular complexity index is 1490. The topological polar surface area (TPSA) is 110 Å². The number of Topliss-reactive ketones (excluding diaryl/α,β-unsaturated/α-hetero) is 1. The van der Waals surface area contributed by atoms with Gasteiger partial charge >= 0.3 is 12.1 Å². The molecule has 0 aliphatic carbocycles. The number of methoxy groups -OCH3 is 1. The first-order chi connectivity index (χ1) is 22.4. The van der Waals surface area contributed by atoms with Crippen LogP contribution in [0.25, 0.3) is 16.0 Å². The van der Waals surface area contributed by atoms with Crippen molar-refractivity contribution in [2.75, 3.05) is 33.3 Å². The molecule has 1 aromatic heterocycles. The number of nitrogens with zero attached hydrogens (tertiary/aromatic N) is 4. The molecule has 2 aliphatic heterocycles. The van der Waals surface area contributed by atoms with Gasteiger partial charge in [-0.2, -0.15) is 0 Å². The smallest absolute Gasteiger partial charge is 0.410 e. The molecule has 0 spiro atoms. The van der Waals surface area contributed by atoms with E-state index in [1.165, 1.54) is 19.2 Å². The summed E-state index contributed by atoms with van der Waals surface area (Å²) in [6, 6.07) is 6.10. The number of pyridine rings is 1. The van der Waals surface area contributed by atoms with E-state index < -0.39 is 23.3 Å². The quantitative estimate of drug-likeness (QED) is 0.208. The minimum absolute atomic E-state index is 0.0243. The number of piperidine rings is 2. The van der Waals surface area contributed by atoms with E-state index in [9.17, 15) is 23.6 Å². The van der Waals surface area contributed by atoms with Crippen LogP contribution < -0.4 is 0 Å². The molecule has 4 rings (SSSR count). The van der Waals surface area contributed by atoms with Crippen LogP contribution in [0.5, 0.6) is 0 Å². The molecule has 1 aromatic carbocycles. The minimum Gasteiger partial charge on any atom is -0.469 e. The molecule has 252 valence electrons. The summed E-state index contributed by atoms with van der Waals surface area (Å²) in [6.45, 7) is 14.8. The molecular weight excluding hydrogens is 603 g/mol. The highest BCUT2D eigenvalue weighted by molar-refractivity contribution is 5.84. The third kappa shape index (κ3) is 10.1. The van der Waals surface area contributed by atoms with E-state index in [-0.39, 0.29) is 42.2 Å². The molecule has 0 radical (unpaired) electrons. The Hall–Kier alpha value is -4.33. The Morgan fingerprint density at radius 3 is 2.43 bits per heavy atom. The van der Waals surface area contributed by atoms with E-state index in [1.807, 2.05) is 20.8 Å². The molecule has 1 unspecified atom stereocenters. The lowest BCUT2D eigenvalue weighted by Crippen LogP contribution is -2.43. The number of carbonyl (C=O) groups is 4. The monoisotopic (exact) mass is 648 g/mol. The highest BCUT2D eigenvalue weighted by Crippen LogP contribution is 2.32. The number of halogens is 1.